The Morgan fingerprint density at radius 1 is 1.47 bits per heavy atom. The Morgan fingerprint density at radius 2 is 2.12 bits per heavy atom. The van der Waals surface area contributed by atoms with Crippen LogP contribution >= 0.6 is 0 Å². The highest BCUT2D eigenvalue weighted by atomic mass is 16.4. The summed E-state index contributed by atoms with van der Waals surface area (Å²) in [5.41, 5.74) is 0. The summed E-state index contributed by atoms with van der Waals surface area (Å²) in [5.74, 6) is -0.363. The van der Waals surface area contributed by atoms with Crippen LogP contribution in [0.3, 0.4) is 0 Å². The van der Waals surface area contributed by atoms with Gasteiger partial charge in [-0.05, 0) is 25.2 Å². The van der Waals surface area contributed by atoms with Crippen molar-refractivity contribution in [3.8, 4) is 0 Å². The highest BCUT2D eigenvalue weighted by molar-refractivity contribution is 5.82. The van der Waals surface area contributed by atoms with Crippen LogP contribution in [0.15, 0.2) is 0 Å². The van der Waals surface area contributed by atoms with Crippen molar-refractivity contribution < 1.29 is 14.7 Å². The van der Waals surface area contributed by atoms with Gasteiger partial charge < -0.3 is 15.3 Å². The van der Waals surface area contributed by atoms with Crippen molar-refractivity contribution in [2.75, 3.05) is 13.6 Å². The van der Waals surface area contributed by atoms with Crippen molar-refractivity contribution in [2.24, 2.45) is 5.92 Å². The van der Waals surface area contributed by atoms with Crippen molar-refractivity contribution in [1.82, 2.24) is 10.2 Å². The highest BCUT2D eigenvalue weighted by Crippen LogP contribution is 2.26. The molecule has 0 bridgehead atoms. The molecule has 2 amide bonds. The van der Waals surface area contributed by atoms with Gasteiger partial charge in [-0.3, -0.25) is 0 Å². The lowest BCUT2D eigenvalue weighted by Crippen LogP contribution is -2.48. The average Bonchev–Trinajstić information content (AvgIpc) is 2.22. The van der Waals surface area contributed by atoms with E-state index >= 15 is 0 Å². The molecule has 17 heavy (non-hydrogen) atoms. The third-order valence-electron chi connectivity index (χ3n) is 3.28. The molecule has 0 unspecified atom stereocenters. The van der Waals surface area contributed by atoms with Gasteiger partial charge in [0.25, 0.3) is 0 Å². The number of nitrogens with one attached hydrogen (secondary N) is 1. The van der Waals surface area contributed by atoms with Gasteiger partial charge >= 0.3 is 12.0 Å². The Morgan fingerprint density at radius 3 is 2.53 bits per heavy atom. The Balaban J connectivity index is 2.36. The van der Waals surface area contributed by atoms with E-state index in [1.807, 2.05) is 6.92 Å². The molecule has 2 N–H and O–H groups in total. The zero-order valence-corrected chi connectivity index (χ0v) is 10.6. The number of aliphatic carboxylic acids is 1. The molecule has 0 aromatic rings. The van der Waals surface area contributed by atoms with Gasteiger partial charge in [-0.1, -0.05) is 19.8 Å². The first-order chi connectivity index (χ1) is 8.04. The van der Waals surface area contributed by atoms with Crippen LogP contribution in [-0.4, -0.2) is 41.6 Å². The van der Waals surface area contributed by atoms with E-state index in [-0.39, 0.29) is 6.03 Å². The number of rotatable bonds is 6. The summed E-state index contributed by atoms with van der Waals surface area (Å²) in [5, 5.41) is 11.5. The van der Waals surface area contributed by atoms with Crippen LogP contribution in [0.2, 0.25) is 0 Å². The summed E-state index contributed by atoms with van der Waals surface area (Å²) >= 11 is 0. The van der Waals surface area contributed by atoms with Crippen LogP contribution in [0.1, 0.15) is 39.0 Å². The quantitative estimate of drug-likeness (QED) is 0.744. The molecular weight excluding hydrogens is 220 g/mol. The predicted octanol–water partition coefficient (Wildman–Crippen LogP) is 1.68. The Bertz CT molecular complexity index is 277. The molecule has 98 valence electrons. The van der Waals surface area contributed by atoms with Crippen LogP contribution in [0.4, 0.5) is 4.79 Å². The Labute approximate surface area is 102 Å². The number of hydrogen-bond donors (Lipinski definition) is 2. The molecule has 1 aliphatic carbocycles. The molecule has 1 fully saturated rings. The number of hydrogen-bond acceptors (Lipinski definition) is 2. The van der Waals surface area contributed by atoms with Gasteiger partial charge in [-0.25, -0.2) is 9.59 Å². The lowest BCUT2D eigenvalue weighted by atomic mass is 9.85. The Hall–Kier alpha value is -1.26. The maximum Gasteiger partial charge on any atom is 0.326 e. The van der Waals surface area contributed by atoms with Gasteiger partial charge in [0, 0.05) is 13.6 Å². The molecule has 0 saturated heterocycles. The first-order valence-electron chi connectivity index (χ1n) is 6.29. The molecule has 5 nitrogen and oxygen atoms in total. The molecule has 1 atom stereocenters. The summed E-state index contributed by atoms with van der Waals surface area (Å²) in [4.78, 5) is 24.3. The van der Waals surface area contributed by atoms with Crippen LogP contribution < -0.4 is 5.32 Å². The summed E-state index contributed by atoms with van der Waals surface area (Å²) in [7, 11) is 1.72. The minimum absolute atomic E-state index is 0.280. The van der Waals surface area contributed by atoms with Gasteiger partial charge in [0.1, 0.15) is 6.04 Å². The van der Waals surface area contributed by atoms with Crippen molar-refractivity contribution in [2.45, 2.75) is 45.1 Å². The lowest BCUT2D eigenvalue weighted by Gasteiger charge is -2.30. The minimum atomic E-state index is -0.961. The number of carboxylic acids is 1. The van der Waals surface area contributed by atoms with Gasteiger partial charge in [-0.15, -0.1) is 0 Å². The van der Waals surface area contributed by atoms with Crippen molar-refractivity contribution >= 4 is 12.0 Å². The van der Waals surface area contributed by atoms with E-state index in [4.69, 9.17) is 5.11 Å². The van der Waals surface area contributed by atoms with Crippen LogP contribution in [-0.2, 0) is 4.79 Å². The molecule has 1 rings (SSSR count). The number of carbonyl (C=O) groups excluding carboxylic acids is 1. The summed E-state index contributed by atoms with van der Waals surface area (Å²) in [6.45, 7) is 2.63. The zero-order chi connectivity index (χ0) is 12.8. The second-order valence-corrected chi connectivity index (χ2v) is 4.81. The zero-order valence-electron chi connectivity index (χ0n) is 10.6. The summed E-state index contributed by atoms with van der Waals surface area (Å²) in [6, 6.07) is -1.05. The predicted molar refractivity (Wildman–Crippen MR) is 64.8 cm³/mol. The highest BCUT2D eigenvalue weighted by Gasteiger charge is 2.24. The smallest absolute Gasteiger partial charge is 0.326 e. The van der Waals surface area contributed by atoms with E-state index < -0.39 is 12.0 Å². The number of nitrogens with zero attached hydrogens (tertiary/aromatic N) is 1. The number of amides is 2. The van der Waals surface area contributed by atoms with E-state index in [1.165, 1.54) is 19.3 Å². The lowest BCUT2D eigenvalue weighted by molar-refractivity contribution is -0.139. The minimum Gasteiger partial charge on any atom is -0.480 e. The number of urea groups is 1. The van der Waals surface area contributed by atoms with Gasteiger partial charge in [-0.2, -0.15) is 0 Å². The standard InChI is InChI=1S/C12H22N2O3/c1-3-5-10(11(15)16)13-12(17)14(2)8-9-6-4-7-9/h9-10H,3-8H2,1-2H3,(H,13,17)(H,15,16)/t10-/m1/s1. The van der Waals surface area contributed by atoms with Crippen molar-refractivity contribution in [3.63, 3.8) is 0 Å². The van der Waals surface area contributed by atoms with Crippen LogP contribution in [0.5, 0.6) is 0 Å². The largest absolute Gasteiger partial charge is 0.480 e. The third-order valence-corrected chi connectivity index (χ3v) is 3.28. The first-order valence-corrected chi connectivity index (χ1v) is 6.29. The number of carbonyl (C=O) groups is 2. The van der Waals surface area contributed by atoms with Gasteiger partial charge in [0.15, 0.2) is 0 Å². The molecule has 0 aliphatic heterocycles. The molecule has 5 heteroatoms. The third kappa shape index (κ3) is 4.24. The van der Waals surface area contributed by atoms with Crippen LogP contribution in [0.25, 0.3) is 0 Å². The molecule has 0 spiro atoms. The fraction of sp³-hybridized carbons (Fsp3) is 0.833. The van der Waals surface area contributed by atoms with Crippen LogP contribution in [0, 0.1) is 5.92 Å². The topological polar surface area (TPSA) is 69.6 Å². The maximum atomic E-state index is 11.8. The molecule has 0 aromatic heterocycles. The molecule has 0 aromatic carbocycles. The van der Waals surface area contributed by atoms with Gasteiger partial charge in [0.05, 0.1) is 0 Å². The average molecular weight is 242 g/mol. The molecular formula is C12H22N2O3. The van der Waals surface area contributed by atoms with Crippen molar-refractivity contribution in [3.05, 3.63) is 0 Å². The normalized spacial score (nSPS) is 17.1. The van der Waals surface area contributed by atoms with Crippen molar-refractivity contribution in [1.29, 1.82) is 0 Å². The molecule has 0 heterocycles. The summed E-state index contributed by atoms with van der Waals surface area (Å²) < 4.78 is 0. The maximum absolute atomic E-state index is 11.8. The monoisotopic (exact) mass is 242 g/mol. The van der Waals surface area contributed by atoms with E-state index in [9.17, 15) is 9.59 Å². The molecule has 1 saturated carbocycles. The van der Waals surface area contributed by atoms with E-state index in [0.29, 0.717) is 12.3 Å². The summed E-state index contributed by atoms with van der Waals surface area (Å²) in [6.07, 6.45) is 4.81. The molecule has 1 aliphatic rings. The van der Waals surface area contributed by atoms with Gasteiger partial charge in [0.2, 0.25) is 0 Å². The second kappa shape index (κ2) is 6.47. The van der Waals surface area contributed by atoms with E-state index in [0.717, 1.165) is 13.0 Å². The first kappa shape index (κ1) is 13.8. The second-order valence-electron chi connectivity index (χ2n) is 4.81. The van der Waals surface area contributed by atoms with E-state index in [2.05, 4.69) is 5.32 Å². The SMILES string of the molecule is CCC[C@@H](NC(=O)N(C)CC1CCC1)C(=O)O. The fourth-order valence-electron chi connectivity index (χ4n) is 1.95. The fourth-order valence-corrected chi connectivity index (χ4v) is 1.95. The van der Waals surface area contributed by atoms with E-state index in [1.54, 1.807) is 11.9 Å². The number of carboxylic acid groups (broad SMARTS) is 1. The molecule has 0 radical (unpaired) electrons. The Kier molecular flexibility index (Phi) is 5.25.